The fourth-order valence-electron chi connectivity index (χ4n) is 1.66. The second-order valence-corrected chi connectivity index (χ2v) is 3.68. The summed E-state index contributed by atoms with van der Waals surface area (Å²) in [4.78, 5) is 34.6. The quantitative estimate of drug-likeness (QED) is 0.693. The predicted octanol–water partition coefficient (Wildman–Crippen LogP) is -1.10. The topological polar surface area (TPSA) is 102 Å². The van der Waals surface area contributed by atoms with Crippen LogP contribution in [0.3, 0.4) is 0 Å². The van der Waals surface area contributed by atoms with Gasteiger partial charge in [-0.15, -0.1) is 0 Å². The summed E-state index contributed by atoms with van der Waals surface area (Å²) in [6.45, 7) is -0.755. The number of urea groups is 1. The molecule has 1 aromatic rings. The number of hydrogen-bond acceptors (Lipinski definition) is 4. The Morgan fingerprint density at radius 3 is 2.83 bits per heavy atom. The largest absolute Gasteiger partial charge is 0.548 e. The summed E-state index contributed by atoms with van der Waals surface area (Å²) in [6, 6.07) is 6.11. The number of aliphatic carboxylic acids is 1. The molecule has 0 saturated carbocycles. The smallest absolute Gasteiger partial charge is 0.322 e. The molecule has 18 heavy (non-hydrogen) atoms. The molecule has 0 radical (unpaired) electrons. The van der Waals surface area contributed by atoms with E-state index < -0.39 is 18.5 Å². The molecule has 3 amide bonds. The molecule has 0 aliphatic carbocycles. The highest BCUT2D eigenvalue weighted by Crippen LogP contribution is 2.28. The van der Waals surface area contributed by atoms with Crippen molar-refractivity contribution in [2.24, 2.45) is 0 Å². The van der Waals surface area contributed by atoms with Crippen molar-refractivity contribution in [3.05, 3.63) is 24.3 Å². The van der Waals surface area contributed by atoms with Crippen LogP contribution < -0.4 is 20.6 Å². The molecule has 0 saturated heterocycles. The van der Waals surface area contributed by atoms with Crippen LogP contribution in [0.25, 0.3) is 0 Å². The maximum atomic E-state index is 11.8. The summed E-state index contributed by atoms with van der Waals surface area (Å²) >= 11 is 0. The molecule has 0 fully saturated rings. The number of nitrogens with one attached hydrogen (secondary N) is 2. The monoisotopic (exact) mass is 248 g/mol. The minimum Gasteiger partial charge on any atom is -0.548 e. The van der Waals surface area contributed by atoms with E-state index in [1.165, 1.54) is 4.90 Å². The normalized spacial score (nSPS) is 13.6. The number of carbonyl (C=O) groups is 3. The zero-order valence-electron chi connectivity index (χ0n) is 9.30. The first-order chi connectivity index (χ1) is 8.58. The minimum atomic E-state index is -1.39. The van der Waals surface area contributed by atoms with E-state index >= 15 is 0 Å². The van der Waals surface area contributed by atoms with Crippen molar-refractivity contribution < 1.29 is 19.5 Å². The summed E-state index contributed by atoms with van der Waals surface area (Å²) in [6.07, 6.45) is 0. The van der Waals surface area contributed by atoms with Gasteiger partial charge in [-0.25, -0.2) is 4.79 Å². The first kappa shape index (κ1) is 11.9. The molecule has 0 unspecified atom stereocenters. The Hall–Kier alpha value is -2.57. The fraction of sp³-hybridized carbons (Fsp3) is 0.182. The number of nitrogens with zero attached hydrogens (tertiary/aromatic N) is 1. The number of carboxylic acid groups (broad SMARTS) is 1. The van der Waals surface area contributed by atoms with Gasteiger partial charge in [-0.2, -0.15) is 0 Å². The number of anilines is 2. The number of amides is 3. The van der Waals surface area contributed by atoms with Crippen LogP contribution in [0.15, 0.2) is 24.3 Å². The third kappa shape index (κ3) is 2.40. The van der Waals surface area contributed by atoms with Gasteiger partial charge in [0.1, 0.15) is 6.54 Å². The Morgan fingerprint density at radius 2 is 2.11 bits per heavy atom. The molecule has 7 heteroatoms. The summed E-state index contributed by atoms with van der Waals surface area (Å²) in [5.74, 6) is -1.73. The van der Waals surface area contributed by atoms with Crippen LogP contribution >= 0.6 is 0 Å². The van der Waals surface area contributed by atoms with Crippen LogP contribution in [0.5, 0.6) is 0 Å². The highest BCUT2D eigenvalue weighted by Gasteiger charge is 2.26. The van der Waals surface area contributed by atoms with Gasteiger partial charge in [0.05, 0.1) is 23.9 Å². The van der Waals surface area contributed by atoms with Gasteiger partial charge in [0.2, 0.25) is 5.91 Å². The summed E-state index contributed by atoms with van der Waals surface area (Å²) in [5.41, 5.74) is 1.03. The minimum absolute atomic E-state index is 0.157. The second kappa shape index (κ2) is 4.74. The Balaban J connectivity index is 2.20. The lowest BCUT2D eigenvalue weighted by atomic mass is 10.2. The molecule has 1 heterocycles. The highest BCUT2D eigenvalue weighted by molar-refractivity contribution is 6.09. The number of benzene rings is 1. The van der Waals surface area contributed by atoms with Gasteiger partial charge < -0.3 is 20.5 Å². The van der Waals surface area contributed by atoms with E-state index in [0.29, 0.717) is 11.4 Å². The summed E-state index contributed by atoms with van der Waals surface area (Å²) in [5, 5.41) is 15.1. The number of carboxylic acids is 1. The number of para-hydroxylation sites is 2. The molecule has 0 bridgehead atoms. The average molecular weight is 248 g/mol. The number of carbonyl (C=O) groups excluding carboxylic acids is 3. The van der Waals surface area contributed by atoms with E-state index in [-0.39, 0.29) is 12.5 Å². The number of fused-ring (bicyclic) bond motifs is 1. The SMILES string of the molecule is O=C([O-])CNC(=O)N1CC(=O)Nc2ccccc21. The van der Waals surface area contributed by atoms with Gasteiger partial charge in [-0.05, 0) is 12.1 Å². The lowest BCUT2D eigenvalue weighted by molar-refractivity contribution is -0.303. The number of rotatable bonds is 2. The van der Waals surface area contributed by atoms with Crippen LogP contribution in [-0.4, -0.2) is 31.0 Å². The molecule has 94 valence electrons. The molecule has 2 rings (SSSR count). The van der Waals surface area contributed by atoms with Gasteiger partial charge in [0.15, 0.2) is 0 Å². The Morgan fingerprint density at radius 1 is 1.39 bits per heavy atom. The van der Waals surface area contributed by atoms with Gasteiger partial charge in [-0.1, -0.05) is 12.1 Å². The average Bonchev–Trinajstić information content (AvgIpc) is 2.34. The predicted molar refractivity (Wildman–Crippen MR) is 60.8 cm³/mol. The van der Waals surface area contributed by atoms with Gasteiger partial charge in [0, 0.05) is 0 Å². The van der Waals surface area contributed by atoms with Crippen LogP contribution in [0, 0.1) is 0 Å². The van der Waals surface area contributed by atoms with Crippen molar-refractivity contribution in [2.75, 3.05) is 23.3 Å². The third-order valence-corrected chi connectivity index (χ3v) is 2.40. The van der Waals surface area contributed by atoms with E-state index in [2.05, 4.69) is 10.6 Å². The van der Waals surface area contributed by atoms with Gasteiger partial charge in [0.25, 0.3) is 0 Å². The first-order valence-corrected chi connectivity index (χ1v) is 5.22. The van der Waals surface area contributed by atoms with Crippen molar-refractivity contribution in [3.63, 3.8) is 0 Å². The fourth-order valence-corrected chi connectivity index (χ4v) is 1.66. The van der Waals surface area contributed by atoms with Crippen molar-refractivity contribution in [3.8, 4) is 0 Å². The molecule has 7 nitrogen and oxygen atoms in total. The molecular weight excluding hydrogens is 238 g/mol. The van der Waals surface area contributed by atoms with Crippen LogP contribution in [-0.2, 0) is 9.59 Å². The van der Waals surface area contributed by atoms with Gasteiger partial charge >= 0.3 is 6.03 Å². The van der Waals surface area contributed by atoms with Crippen LogP contribution in [0.2, 0.25) is 0 Å². The molecule has 1 aliphatic heterocycles. The molecule has 0 atom stereocenters. The first-order valence-electron chi connectivity index (χ1n) is 5.22. The molecule has 1 aliphatic rings. The van der Waals surface area contributed by atoms with E-state index in [9.17, 15) is 19.5 Å². The highest BCUT2D eigenvalue weighted by atomic mass is 16.4. The zero-order chi connectivity index (χ0) is 13.1. The zero-order valence-corrected chi connectivity index (χ0v) is 9.30. The third-order valence-electron chi connectivity index (χ3n) is 2.40. The van der Waals surface area contributed by atoms with Crippen molar-refractivity contribution in [2.45, 2.75) is 0 Å². The Kier molecular flexibility index (Phi) is 3.13. The number of hydrogen-bond donors (Lipinski definition) is 2. The standard InChI is InChI=1S/C11H11N3O4/c15-9-6-14(11(18)12-5-10(16)17)8-4-2-1-3-7(8)13-9/h1-4H,5-6H2,(H,12,18)(H,13,15)(H,16,17)/p-1. The van der Waals surface area contributed by atoms with Crippen molar-refractivity contribution in [1.82, 2.24) is 5.32 Å². The summed E-state index contributed by atoms with van der Waals surface area (Å²) in [7, 11) is 0. The summed E-state index contributed by atoms with van der Waals surface area (Å²) < 4.78 is 0. The maximum Gasteiger partial charge on any atom is 0.322 e. The van der Waals surface area contributed by atoms with E-state index in [1.54, 1.807) is 24.3 Å². The van der Waals surface area contributed by atoms with E-state index in [1.807, 2.05) is 0 Å². The molecular formula is C11H10N3O4-. The lowest BCUT2D eigenvalue weighted by Gasteiger charge is -2.29. The molecule has 1 aromatic carbocycles. The molecule has 0 aromatic heterocycles. The van der Waals surface area contributed by atoms with E-state index in [0.717, 1.165) is 0 Å². The maximum absolute atomic E-state index is 11.8. The van der Waals surface area contributed by atoms with Crippen molar-refractivity contribution >= 4 is 29.3 Å². The van der Waals surface area contributed by atoms with E-state index in [4.69, 9.17) is 0 Å². The molecule has 0 spiro atoms. The van der Waals surface area contributed by atoms with Crippen LogP contribution in [0.1, 0.15) is 0 Å². The second-order valence-electron chi connectivity index (χ2n) is 3.68. The van der Waals surface area contributed by atoms with Gasteiger partial charge in [-0.3, -0.25) is 9.69 Å². The Bertz CT molecular complexity index is 515. The Labute approximate surface area is 102 Å². The van der Waals surface area contributed by atoms with Crippen LogP contribution in [0.4, 0.5) is 16.2 Å². The molecule has 2 N–H and O–H groups in total. The van der Waals surface area contributed by atoms with Crippen molar-refractivity contribution in [1.29, 1.82) is 0 Å². The lowest BCUT2D eigenvalue weighted by Crippen LogP contribution is -2.49.